The van der Waals surface area contributed by atoms with Crippen LogP contribution in [0.25, 0.3) is 0 Å². The number of nitrogens with zero attached hydrogens (tertiary/aromatic N) is 1. The summed E-state index contributed by atoms with van der Waals surface area (Å²) in [5.74, 6) is -0.167. The van der Waals surface area contributed by atoms with Gasteiger partial charge in [-0.05, 0) is 61.7 Å². The lowest BCUT2D eigenvalue weighted by atomic mass is 10.0. The summed E-state index contributed by atoms with van der Waals surface area (Å²) in [6.45, 7) is 5.55. The molecule has 0 atom stereocenters. The molecule has 0 aliphatic rings. The van der Waals surface area contributed by atoms with Crippen molar-refractivity contribution in [2.24, 2.45) is 5.16 Å². The third-order valence-corrected chi connectivity index (χ3v) is 6.01. The highest BCUT2D eigenvalue weighted by atomic mass is 16.6. The summed E-state index contributed by atoms with van der Waals surface area (Å²) in [6, 6.07) is 18.7. The van der Waals surface area contributed by atoms with E-state index in [1.807, 2.05) is 56.3 Å². The average Bonchev–Trinajstić information content (AvgIpc) is 2.91. The Labute approximate surface area is 228 Å². The summed E-state index contributed by atoms with van der Waals surface area (Å²) >= 11 is 0. The Morgan fingerprint density at radius 3 is 2.36 bits per heavy atom. The molecule has 0 saturated heterocycles. The standard InChI is InChI=1S/C31H35NO7/c1-4-9-26-29(15-13-25(22(3)33)31(26)36)37-16-8-17-39-32-27(19-23-10-6-5-7-11-23)24-12-14-28(21(2)18-24)38-20-30(34)35/h5-7,10-15,18,36H,4,8-9,16-17,19-20H2,1-3H3,(H,34,35). The molecule has 3 aromatic carbocycles. The van der Waals surface area contributed by atoms with E-state index in [-0.39, 0.29) is 11.5 Å². The van der Waals surface area contributed by atoms with Crippen molar-refractivity contribution in [3.8, 4) is 17.2 Å². The lowest BCUT2D eigenvalue weighted by Crippen LogP contribution is -2.11. The van der Waals surface area contributed by atoms with Crippen LogP contribution in [0.3, 0.4) is 0 Å². The zero-order valence-electron chi connectivity index (χ0n) is 22.6. The van der Waals surface area contributed by atoms with Crippen LogP contribution in [0.5, 0.6) is 17.2 Å². The van der Waals surface area contributed by atoms with Gasteiger partial charge in [-0.25, -0.2) is 4.79 Å². The van der Waals surface area contributed by atoms with E-state index < -0.39 is 12.6 Å². The second kappa shape index (κ2) is 14.6. The Kier molecular flexibility index (Phi) is 10.9. The van der Waals surface area contributed by atoms with Gasteiger partial charge in [-0.15, -0.1) is 0 Å². The number of ketones is 1. The van der Waals surface area contributed by atoms with Crippen LogP contribution in [-0.4, -0.2) is 47.5 Å². The first-order valence-corrected chi connectivity index (χ1v) is 13.0. The van der Waals surface area contributed by atoms with E-state index in [2.05, 4.69) is 5.16 Å². The van der Waals surface area contributed by atoms with Gasteiger partial charge in [0, 0.05) is 24.0 Å². The van der Waals surface area contributed by atoms with Gasteiger partial charge in [0.15, 0.2) is 12.4 Å². The largest absolute Gasteiger partial charge is 0.507 e. The number of aryl methyl sites for hydroxylation is 1. The summed E-state index contributed by atoms with van der Waals surface area (Å²) < 4.78 is 11.3. The van der Waals surface area contributed by atoms with Crippen LogP contribution >= 0.6 is 0 Å². The van der Waals surface area contributed by atoms with E-state index in [1.54, 1.807) is 18.2 Å². The van der Waals surface area contributed by atoms with Gasteiger partial charge in [0.1, 0.15) is 23.9 Å². The Hall–Kier alpha value is -4.33. The number of carbonyl (C=O) groups excluding carboxylic acids is 1. The van der Waals surface area contributed by atoms with Crippen LogP contribution in [-0.2, 0) is 22.5 Å². The summed E-state index contributed by atoms with van der Waals surface area (Å²) in [6.07, 6.45) is 2.52. The number of phenolic OH excluding ortho intramolecular Hbond substituents is 1. The number of carboxylic acids is 1. The fourth-order valence-electron chi connectivity index (χ4n) is 4.06. The highest BCUT2D eigenvalue weighted by molar-refractivity contribution is 6.02. The molecule has 0 fully saturated rings. The number of ether oxygens (including phenoxy) is 2. The smallest absolute Gasteiger partial charge is 0.341 e. The van der Waals surface area contributed by atoms with Crippen molar-refractivity contribution < 1.29 is 34.1 Å². The topological polar surface area (TPSA) is 115 Å². The van der Waals surface area contributed by atoms with E-state index in [4.69, 9.17) is 19.4 Å². The molecule has 0 bridgehead atoms. The molecule has 3 aromatic rings. The number of aromatic hydroxyl groups is 1. The molecule has 8 nitrogen and oxygen atoms in total. The molecule has 0 aromatic heterocycles. The number of aliphatic carboxylic acids is 1. The number of oxime groups is 1. The maximum atomic E-state index is 11.8. The second-order valence-corrected chi connectivity index (χ2v) is 9.14. The van der Waals surface area contributed by atoms with Crippen LogP contribution < -0.4 is 9.47 Å². The molecule has 39 heavy (non-hydrogen) atoms. The van der Waals surface area contributed by atoms with Crippen LogP contribution in [0.2, 0.25) is 0 Å². The highest BCUT2D eigenvalue weighted by Gasteiger charge is 2.16. The number of hydrogen-bond donors (Lipinski definition) is 2. The Bertz CT molecular complexity index is 1300. The number of carboxylic acid groups (broad SMARTS) is 1. The SMILES string of the molecule is CCCc1c(OCCCON=C(Cc2ccccc2)c2ccc(OCC(=O)O)c(C)c2)ccc(C(C)=O)c1O. The molecule has 0 aliphatic carbocycles. The van der Waals surface area contributed by atoms with Crippen LogP contribution in [0.15, 0.2) is 65.8 Å². The van der Waals surface area contributed by atoms with Crippen molar-refractivity contribution in [3.63, 3.8) is 0 Å². The first-order chi connectivity index (χ1) is 18.8. The third kappa shape index (κ3) is 8.60. The lowest BCUT2D eigenvalue weighted by Gasteiger charge is -2.14. The zero-order chi connectivity index (χ0) is 28.2. The van der Waals surface area contributed by atoms with Crippen LogP contribution in [0.1, 0.15) is 59.3 Å². The number of phenols is 1. The molecular weight excluding hydrogens is 498 g/mol. The van der Waals surface area contributed by atoms with Gasteiger partial charge in [0.05, 0.1) is 17.9 Å². The molecule has 0 unspecified atom stereocenters. The molecule has 0 aliphatic heterocycles. The minimum atomic E-state index is -1.03. The maximum Gasteiger partial charge on any atom is 0.341 e. The van der Waals surface area contributed by atoms with Gasteiger partial charge in [-0.1, -0.05) is 48.8 Å². The van der Waals surface area contributed by atoms with Crippen LogP contribution in [0, 0.1) is 6.92 Å². The molecule has 0 radical (unpaired) electrons. The third-order valence-electron chi connectivity index (χ3n) is 6.01. The van der Waals surface area contributed by atoms with Gasteiger partial charge in [-0.2, -0.15) is 0 Å². The molecule has 8 heteroatoms. The molecule has 2 N–H and O–H groups in total. The molecule has 3 rings (SSSR count). The summed E-state index contributed by atoms with van der Waals surface area (Å²) in [5, 5.41) is 23.8. The van der Waals surface area contributed by atoms with E-state index in [0.29, 0.717) is 55.1 Å². The van der Waals surface area contributed by atoms with E-state index in [1.165, 1.54) is 6.92 Å². The minimum Gasteiger partial charge on any atom is -0.507 e. The zero-order valence-corrected chi connectivity index (χ0v) is 22.6. The molecule has 0 heterocycles. The number of hydrogen-bond acceptors (Lipinski definition) is 7. The van der Waals surface area contributed by atoms with Gasteiger partial charge in [-0.3, -0.25) is 4.79 Å². The monoisotopic (exact) mass is 533 g/mol. The molecule has 0 saturated carbocycles. The summed E-state index contributed by atoms with van der Waals surface area (Å²) in [5.41, 5.74) is 4.38. The van der Waals surface area contributed by atoms with Gasteiger partial charge in [0.2, 0.25) is 0 Å². The average molecular weight is 534 g/mol. The first kappa shape index (κ1) is 29.2. The predicted octanol–water partition coefficient (Wildman–Crippen LogP) is 5.75. The van der Waals surface area contributed by atoms with Crippen molar-refractivity contribution >= 4 is 17.5 Å². The van der Waals surface area contributed by atoms with Crippen molar-refractivity contribution in [1.29, 1.82) is 0 Å². The quantitative estimate of drug-likeness (QED) is 0.111. The van der Waals surface area contributed by atoms with E-state index >= 15 is 0 Å². The Balaban J connectivity index is 1.65. The predicted molar refractivity (Wildman–Crippen MR) is 149 cm³/mol. The fourth-order valence-corrected chi connectivity index (χ4v) is 4.06. The highest BCUT2D eigenvalue weighted by Crippen LogP contribution is 2.33. The van der Waals surface area contributed by atoms with Crippen molar-refractivity contribution in [3.05, 3.63) is 88.5 Å². The maximum absolute atomic E-state index is 11.8. The number of benzene rings is 3. The molecular formula is C31H35NO7. The number of Topliss-reactive ketones (excluding diaryl/α,β-unsaturated/α-hetero) is 1. The molecule has 206 valence electrons. The van der Waals surface area contributed by atoms with Gasteiger partial charge < -0.3 is 24.5 Å². The van der Waals surface area contributed by atoms with E-state index in [0.717, 1.165) is 28.8 Å². The van der Waals surface area contributed by atoms with Gasteiger partial charge in [0.25, 0.3) is 0 Å². The molecule has 0 spiro atoms. The van der Waals surface area contributed by atoms with Gasteiger partial charge >= 0.3 is 5.97 Å². The summed E-state index contributed by atoms with van der Waals surface area (Å²) in [4.78, 5) is 28.3. The van der Waals surface area contributed by atoms with Crippen molar-refractivity contribution in [2.45, 2.75) is 46.5 Å². The second-order valence-electron chi connectivity index (χ2n) is 9.14. The fraction of sp³-hybridized carbons (Fsp3) is 0.323. The lowest BCUT2D eigenvalue weighted by molar-refractivity contribution is -0.139. The summed E-state index contributed by atoms with van der Waals surface area (Å²) in [7, 11) is 0. The van der Waals surface area contributed by atoms with Crippen molar-refractivity contribution in [2.75, 3.05) is 19.8 Å². The van der Waals surface area contributed by atoms with E-state index in [9.17, 15) is 14.7 Å². The Morgan fingerprint density at radius 1 is 0.949 bits per heavy atom. The van der Waals surface area contributed by atoms with Crippen molar-refractivity contribution in [1.82, 2.24) is 0 Å². The number of rotatable bonds is 15. The first-order valence-electron chi connectivity index (χ1n) is 13.0. The minimum absolute atomic E-state index is 0.0112. The Morgan fingerprint density at radius 2 is 1.69 bits per heavy atom. The normalized spacial score (nSPS) is 11.2. The van der Waals surface area contributed by atoms with Crippen LogP contribution in [0.4, 0.5) is 0 Å². The number of carbonyl (C=O) groups is 2. The molecule has 0 amide bonds.